The van der Waals surface area contributed by atoms with Crippen molar-refractivity contribution in [3.8, 4) is 0 Å². The predicted molar refractivity (Wildman–Crippen MR) is 132 cm³/mol. The molecule has 0 unspecified atom stereocenters. The molecule has 7 nitrogen and oxygen atoms in total. The van der Waals surface area contributed by atoms with Gasteiger partial charge in [0.2, 0.25) is 5.91 Å². The Hall–Kier alpha value is -2.93. The van der Waals surface area contributed by atoms with Gasteiger partial charge in [0, 0.05) is 49.2 Å². The average molecular weight is 452 g/mol. The zero-order valence-corrected chi connectivity index (χ0v) is 20.4. The summed E-state index contributed by atoms with van der Waals surface area (Å²) in [6, 6.07) is 13.7. The summed E-state index contributed by atoms with van der Waals surface area (Å²) in [4.78, 5) is 34.0. The van der Waals surface area contributed by atoms with Crippen molar-refractivity contribution >= 4 is 17.6 Å². The predicted octanol–water partition coefficient (Wildman–Crippen LogP) is 3.83. The maximum Gasteiger partial charge on any atom is 0.319 e. The first-order valence-electron chi connectivity index (χ1n) is 11.8. The fourth-order valence-electron chi connectivity index (χ4n) is 4.37. The van der Waals surface area contributed by atoms with Gasteiger partial charge in [-0.3, -0.25) is 9.78 Å². The minimum Gasteiger partial charge on any atom is -0.341 e. The molecule has 2 N–H and O–H groups in total. The lowest BCUT2D eigenvalue weighted by atomic mass is 9.79. The van der Waals surface area contributed by atoms with Crippen molar-refractivity contribution in [2.24, 2.45) is 5.41 Å². The number of amides is 3. The number of hydrogen-bond donors (Lipinski definition) is 2. The molecule has 7 heteroatoms. The topological polar surface area (TPSA) is 77.6 Å². The number of nitrogens with zero attached hydrogens (tertiary/aromatic N) is 3. The highest BCUT2D eigenvalue weighted by molar-refractivity contribution is 5.89. The summed E-state index contributed by atoms with van der Waals surface area (Å²) >= 11 is 0. The zero-order valence-electron chi connectivity index (χ0n) is 20.4. The number of pyridine rings is 1. The summed E-state index contributed by atoms with van der Waals surface area (Å²) < 4.78 is 0. The summed E-state index contributed by atoms with van der Waals surface area (Å²) in [6.45, 7) is 9.74. The van der Waals surface area contributed by atoms with Crippen LogP contribution in [-0.2, 0) is 17.8 Å². The van der Waals surface area contributed by atoms with Gasteiger partial charge in [0.05, 0.1) is 0 Å². The minimum atomic E-state index is -0.332. The van der Waals surface area contributed by atoms with E-state index >= 15 is 0 Å². The Morgan fingerprint density at radius 2 is 1.85 bits per heavy atom. The Morgan fingerprint density at radius 1 is 1.15 bits per heavy atom. The number of benzene rings is 1. The fourth-order valence-corrected chi connectivity index (χ4v) is 4.37. The normalized spacial score (nSPS) is 15.6. The molecule has 0 bridgehead atoms. The van der Waals surface area contributed by atoms with Crippen LogP contribution in [0.3, 0.4) is 0 Å². The van der Waals surface area contributed by atoms with Gasteiger partial charge < -0.3 is 20.4 Å². The molecule has 1 aromatic carbocycles. The molecule has 0 saturated carbocycles. The molecule has 178 valence electrons. The van der Waals surface area contributed by atoms with Gasteiger partial charge in [-0.2, -0.15) is 0 Å². The number of anilines is 1. The largest absolute Gasteiger partial charge is 0.341 e. The molecule has 1 aliphatic rings. The van der Waals surface area contributed by atoms with Crippen LogP contribution < -0.4 is 10.6 Å². The molecule has 1 aromatic heterocycles. The van der Waals surface area contributed by atoms with E-state index in [1.165, 1.54) is 0 Å². The van der Waals surface area contributed by atoms with Crippen LogP contribution in [0, 0.1) is 12.3 Å². The van der Waals surface area contributed by atoms with E-state index in [2.05, 4.69) is 39.6 Å². The third-order valence-electron chi connectivity index (χ3n) is 6.43. The number of rotatable bonds is 8. The average Bonchev–Trinajstić information content (AvgIpc) is 2.80. The summed E-state index contributed by atoms with van der Waals surface area (Å²) in [5.74, 6) is 0.211. The van der Waals surface area contributed by atoms with E-state index in [4.69, 9.17) is 0 Å². The quantitative estimate of drug-likeness (QED) is 0.639. The van der Waals surface area contributed by atoms with Crippen LogP contribution in [0.2, 0.25) is 0 Å². The Bertz CT molecular complexity index is 939. The first-order valence-corrected chi connectivity index (χ1v) is 11.8. The van der Waals surface area contributed by atoms with Crippen LogP contribution in [-0.4, -0.2) is 59.9 Å². The minimum absolute atomic E-state index is 0.206. The molecule has 1 saturated heterocycles. The number of carbonyl (C=O) groups is 2. The van der Waals surface area contributed by atoms with Gasteiger partial charge in [0.15, 0.2) is 0 Å². The third-order valence-corrected chi connectivity index (χ3v) is 6.43. The van der Waals surface area contributed by atoms with Crippen LogP contribution in [0.5, 0.6) is 0 Å². The molecule has 0 radical (unpaired) electrons. The van der Waals surface area contributed by atoms with Crippen LogP contribution in [0.1, 0.15) is 43.6 Å². The lowest BCUT2D eigenvalue weighted by molar-refractivity contribution is -0.143. The van der Waals surface area contributed by atoms with Crippen molar-refractivity contribution in [1.29, 1.82) is 0 Å². The monoisotopic (exact) mass is 451 g/mol. The van der Waals surface area contributed by atoms with Crippen molar-refractivity contribution < 1.29 is 9.59 Å². The zero-order chi connectivity index (χ0) is 23.8. The van der Waals surface area contributed by atoms with E-state index < -0.39 is 0 Å². The van der Waals surface area contributed by atoms with E-state index in [0.29, 0.717) is 13.1 Å². The molecule has 0 aliphatic carbocycles. The maximum absolute atomic E-state index is 13.1. The fraction of sp³-hybridized carbons (Fsp3) is 0.500. The van der Waals surface area contributed by atoms with E-state index in [1.54, 1.807) is 0 Å². The van der Waals surface area contributed by atoms with Gasteiger partial charge in [-0.05, 0) is 57.0 Å². The number of likely N-dealkylation sites (tertiary alicyclic amines) is 1. The Morgan fingerprint density at radius 3 is 2.52 bits per heavy atom. The highest BCUT2D eigenvalue weighted by Gasteiger charge is 2.38. The summed E-state index contributed by atoms with van der Waals surface area (Å²) in [6.07, 6.45) is 2.48. The van der Waals surface area contributed by atoms with Crippen LogP contribution in [0.25, 0.3) is 0 Å². The van der Waals surface area contributed by atoms with Crippen molar-refractivity contribution in [3.63, 3.8) is 0 Å². The number of piperidine rings is 1. The molecule has 0 spiro atoms. The van der Waals surface area contributed by atoms with Gasteiger partial charge >= 0.3 is 6.03 Å². The van der Waals surface area contributed by atoms with E-state index in [9.17, 15) is 9.59 Å². The van der Waals surface area contributed by atoms with Gasteiger partial charge in [-0.25, -0.2) is 4.79 Å². The van der Waals surface area contributed by atoms with Gasteiger partial charge in [0.25, 0.3) is 0 Å². The molecule has 1 fully saturated rings. The number of urea groups is 1. The molecule has 1 aliphatic heterocycles. The summed E-state index contributed by atoms with van der Waals surface area (Å²) in [5, 5.41) is 5.83. The molecule has 0 atom stereocenters. The molecule has 2 aromatic rings. The summed E-state index contributed by atoms with van der Waals surface area (Å²) in [7, 11) is 1.89. The van der Waals surface area contributed by atoms with E-state index in [0.717, 1.165) is 61.5 Å². The molecule has 2 heterocycles. The summed E-state index contributed by atoms with van der Waals surface area (Å²) in [5.41, 5.74) is 3.44. The SMILES string of the molecule is CCc1cc(NC(=O)NCCN2CCC(C)(C(=O)N(C)Cc3ccccc3)CC2)cc(C)n1. The first kappa shape index (κ1) is 24.7. The van der Waals surface area contributed by atoms with Gasteiger partial charge in [-0.15, -0.1) is 0 Å². The second-order valence-corrected chi connectivity index (χ2v) is 9.27. The van der Waals surface area contributed by atoms with E-state index in [1.807, 2.05) is 56.1 Å². The number of aromatic nitrogens is 1. The van der Waals surface area contributed by atoms with Crippen LogP contribution >= 0.6 is 0 Å². The standard InChI is InChI=1S/C26H37N5O2/c1-5-22-18-23(17-20(2)28-22)29-25(33)27-13-16-31-14-11-26(3,12-15-31)24(32)30(4)19-21-9-7-6-8-10-21/h6-10,17-18H,5,11-16,19H2,1-4H3,(H2,27,28,29,33). The van der Waals surface area contributed by atoms with Crippen molar-refractivity contribution in [3.05, 3.63) is 59.4 Å². The number of aryl methyl sites for hydroxylation is 2. The second kappa shape index (κ2) is 11.3. The molecular formula is C26H37N5O2. The van der Waals surface area contributed by atoms with Crippen molar-refractivity contribution in [1.82, 2.24) is 20.1 Å². The lowest BCUT2D eigenvalue weighted by Crippen LogP contribution is -2.49. The number of carbonyl (C=O) groups excluding carboxylic acids is 2. The lowest BCUT2D eigenvalue weighted by Gasteiger charge is -2.40. The Balaban J connectivity index is 1.40. The smallest absolute Gasteiger partial charge is 0.319 e. The Kier molecular flexibility index (Phi) is 8.44. The Labute approximate surface area is 197 Å². The van der Waals surface area contributed by atoms with E-state index in [-0.39, 0.29) is 17.4 Å². The maximum atomic E-state index is 13.1. The number of hydrogen-bond acceptors (Lipinski definition) is 4. The van der Waals surface area contributed by atoms with Crippen LogP contribution in [0.4, 0.5) is 10.5 Å². The second-order valence-electron chi connectivity index (χ2n) is 9.27. The van der Waals surface area contributed by atoms with Crippen molar-refractivity contribution in [2.45, 2.75) is 46.6 Å². The first-order chi connectivity index (χ1) is 15.8. The number of nitrogens with one attached hydrogen (secondary N) is 2. The van der Waals surface area contributed by atoms with Crippen molar-refractivity contribution in [2.75, 3.05) is 38.5 Å². The third kappa shape index (κ3) is 7.02. The van der Waals surface area contributed by atoms with Crippen LogP contribution in [0.15, 0.2) is 42.5 Å². The molecule has 33 heavy (non-hydrogen) atoms. The molecular weight excluding hydrogens is 414 g/mol. The molecule has 3 rings (SSSR count). The molecule has 3 amide bonds. The van der Waals surface area contributed by atoms with Gasteiger partial charge in [0.1, 0.15) is 0 Å². The highest BCUT2D eigenvalue weighted by Crippen LogP contribution is 2.33. The highest BCUT2D eigenvalue weighted by atomic mass is 16.2. The van der Waals surface area contributed by atoms with Gasteiger partial charge in [-0.1, -0.05) is 44.2 Å².